The lowest BCUT2D eigenvalue weighted by Gasteiger charge is -2.28. The molecule has 1 aliphatic carbocycles. The zero-order chi connectivity index (χ0) is 15.6. The first kappa shape index (κ1) is 15.3. The number of carbonyl (C=O) groups is 1. The minimum Gasteiger partial charge on any atom is -0.391 e. The van der Waals surface area contributed by atoms with E-state index in [9.17, 15) is 28.8 Å². The molecule has 2 atom stereocenters. The van der Waals surface area contributed by atoms with Crippen molar-refractivity contribution in [1.82, 2.24) is 5.32 Å². The van der Waals surface area contributed by atoms with E-state index in [1.54, 1.807) is 0 Å². The fourth-order valence-corrected chi connectivity index (χ4v) is 2.38. The van der Waals surface area contributed by atoms with E-state index in [1.165, 1.54) is 0 Å². The predicted molar refractivity (Wildman–Crippen MR) is 68.7 cm³/mol. The van der Waals surface area contributed by atoms with Crippen LogP contribution < -0.4 is 5.32 Å². The van der Waals surface area contributed by atoms with Gasteiger partial charge in [-0.25, -0.2) is 4.39 Å². The van der Waals surface area contributed by atoms with Gasteiger partial charge >= 0.3 is 5.69 Å². The maximum Gasteiger partial charge on any atom is 0.305 e. The van der Waals surface area contributed by atoms with Crippen molar-refractivity contribution in [3.8, 4) is 0 Å². The van der Waals surface area contributed by atoms with Crippen LogP contribution in [0.5, 0.6) is 0 Å². The van der Waals surface area contributed by atoms with Crippen molar-refractivity contribution in [3.05, 3.63) is 39.4 Å². The summed E-state index contributed by atoms with van der Waals surface area (Å²) in [6, 6.07) is 0.342. The smallest absolute Gasteiger partial charge is 0.305 e. The number of nitrogens with zero attached hydrogens (tertiary/aromatic N) is 1. The highest BCUT2D eigenvalue weighted by molar-refractivity contribution is 5.95. The second kappa shape index (κ2) is 6.13. The number of rotatable bonds is 3. The number of carbonyl (C=O) groups excluding carboxylic acids is 1. The molecule has 0 saturated heterocycles. The SMILES string of the molecule is O=C(N[C@@H]1CCCC[C@H]1O)c1cc([N+](=O)[O-])c(F)cc1F. The van der Waals surface area contributed by atoms with E-state index < -0.39 is 45.9 Å². The summed E-state index contributed by atoms with van der Waals surface area (Å²) in [5.41, 5.74) is -1.58. The number of benzene rings is 1. The van der Waals surface area contributed by atoms with Gasteiger partial charge in [-0.3, -0.25) is 14.9 Å². The zero-order valence-corrected chi connectivity index (χ0v) is 11.0. The molecule has 0 heterocycles. The van der Waals surface area contributed by atoms with Crippen LogP contribution in [-0.4, -0.2) is 28.1 Å². The number of nitro benzene ring substituents is 1. The van der Waals surface area contributed by atoms with Gasteiger partial charge in [0.1, 0.15) is 5.82 Å². The first-order valence-corrected chi connectivity index (χ1v) is 6.52. The molecule has 2 rings (SSSR count). The van der Waals surface area contributed by atoms with Gasteiger partial charge in [-0.1, -0.05) is 12.8 Å². The normalized spacial score (nSPS) is 21.9. The van der Waals surface area contributed by atoms with E-state index in [-0.39, 0.29) is 0 Å². The molecule has 1 aliphatic rings. The molecule has 0 radical (unpaired) electrons. The van der Waals surface area contributed by atoms with Crippen molar-refractivity contribution in [2.75, 3.05) is 0 Å². The second-order valence-corrected chi connectivity index (χ2v) is 4.97. The number of amides is 1. The predicted octanol–water partition coefficient (Wildman–Crippen LogP) is 1.91. The molecular weight excluding hydrogens is 286 g/mol. The number of nitrogens with one attached hydrogen (secondary N) is 1. The Labute approximate surface area is 118 Å². The molecular formula is C13H14F2N2O4. The van der Waals surface area contributed by atoms with Crippen molar-refractivity contribution >= 4 is 11.6 Å². The van der Waals surface area contributed by atoms with E-state index in [0.717, 1.165) is 12.8 Å². The first-order chi connectivity index (χ1) is 9.90. The van der Waals surface area contributed by atoms with Crippen molar-refractivity contribution in [3.63, 3.8) is 0 Å². The van der Waals surface area contributed by atoms with Crippen LogP contribution in [0, 0.1) is 21.7 Å². The van der Waals surface area contributed by atoms with E-state index in [0.29, 0.717) is 25.0 Å². The third kappa shape index (κ3) is 3.33. The first-order valence-electron chi connectivity index (χ1n) is 6.52. The van der Waals surface area contributed by atoms with Gasteiger partial charge in [-0.15, -0.1) is 0 Å². The molecule has 114 valence electrons. The van der Waals surface area contributed by atoms with Crippen LogP contribution in [0.4, 0.5) is 14.5 Å². The van der Waals surface area contributed by atoms with Crippen LogP contribution in [-0.2, 0) is 0 Å². The topological polar surface area (TPSA) is 92.5 Å². The highest BCUT2D eigenvalue weighted by atomic mass is 19.1. The number of hydrogen-bond donors (Lipinski definition) is 2. The standard InChI is InChI=1S/C13H14F2N2O4/c14-8-6-9(15)11(17(20)21)5-7(8)13(19)16-10-3-1-2-4-12(10)18/h5-6,10,12,18H,1-4H2,(H,16,19)/t10-,12-/m1/s1. The van der Waals surface area contributed by atoms with Gasteiger partial charge in [0.15, 0.2) is 0 Å². The van der Waals surface area contributed by atoms with E-state index in [1.807, 2.05) is 0 Å². The van der Waals surface area contributed by atoms with Crippen LogP contribution in [0.3, 0.4) is 0 Å². The maximum absolute atomic E-state index is 13.6. The number of hydrogen-bond acceptors (Lipinski definition) is 4. The molecule has 0 unspecified atom stereocenters. The average Bonchev–Trinajstić information content (AvgIpc) is 2.40. The molecule has 0 bridgehead atoms. The molecule has 1 aromatic carbocycles. The third-order valence-corrected chi connectivity index (χ3v) is 3.52. The minimum absolute atomic E-state index is 0.310. The summed E-state index contributed by atoms with van der Waals surface area (Å²) < 4.78 is 26.8. The summed E-state index contributed by atoms with van der Waals surface area (Å²) in [6.07, 6.45) is 1.98. The average molecular weight is 300 g/mol. The molecule has 6 nitrogen and oxygen atoms in total. The van der Waals surface area contributed by atoms with Gasteiger partial charge in [0.25, 0.3) is 5.91 Å². The Morgan fingerprint density at radius 1 is 1.29 bits per heavy atom. The Kier molecular flexibility index (Phi) is 4.46. The number of aliphatic hydroxyl groups is 1. The minimum atomic E-state index is -1.34. The highest BCUT2D eigenvalue weighted by Gasteiger charge is 2.27. The van der Waals surface area contributed by atoms with Crippen molar-refractivity contribution in [2.24, 2.45) is 0 Å². The summed E-state index contributed by atoms with van der Waals surface area (Å²) >= 11 is 0. The summed E-state index contributed by atoms with van der Waals surface area (Å²) in [4.78, 5) is 21.6. The molecule has 21 heavy (non-hydrogen) atoms. The van der Waals surface area contributed by atoms with Crippen LogP contribution in [0.15, 0.2) is 12.1 Å². The summed E-state index contributed by atoms with van der Waals surface area (Å²) in [5, 5.41) is 22.8. The van der Waals surface area contributed by atoms with Crippen molar-refractivity contribution in [2.45, 2.75) is 37.8 Å². The Balaban J connectivity index is 2.22. The largest absolute Gasteiger partial charge is 0.391 e. The number of nitro groups is 1. The zero-order valence-electron chi connectivity index (χ0n) is 11.0. The molecule has 0 spiro atoms. The van der Waals surface area contributed by atoms with Crippen molar-refractivity contribution < 1.29 is 23.6 Å². The maximum atomic E-state index is 13.6. The van der Waals surface area contributed by atoms with E-state index in [4.69, 9.17) is 0 Å². The third-order valence-electron chi connectivity index (χ3n) is 3.52. The summed E-state index contributed by atoms with van der Waals surface area (Å²) in [7, 11) is 0. The Morgan fingerprint density at radius 3 is 2.57 bits per heavy atom. The van der Waals surface area contributed by atoms with Gasteiger partial charge in [-0.2, -0.15) is 4.39 Å². The van der Waals surface area contributed by atoms with E-state index in [2.05, 4.69) is 5.32 Å². The molecule has 2 N–H and O–H groups in total. The quantitative estimate of drug-likeness (QED) is 0.658. The second-order valence-electron chi connectivity index (χ2n) is 4.97. The van der Waals surface area contributed by atoms with Gasteiger partial charge in [0.2, 0.25) is 5.82 Å². The molecule has 1 aromatic rings. The van der Waals surface area contributed by atoms with E-state index >= 15 is 0 Å². The van der Waals surface area contributed by atoms with Crippen LogP contribution in [0.1, 0.15) is 36.0 Å². The summed E-state index contributed by atoms with van der Waals surface area (Å²) in [5.74, 6) is -3.42. The van der Waals surface area contributed by atoms with Crippen LogP contribution >= 0.6 is 0 Å². The number of halogens is 2. The van der Waals surface area contributed by atoms with Gasteiger partial charge < -0.3 is 10.4 Å². The monoisotopic (exact) mass is 300 g/mol. The molecule has 8 heteroatoms. The lowest BCUT2D eigenvalue weighted by Crippen LogP contribution is -2.45. The Morgan fingerprint density at radius 2 is 1.95 bits per heavy atom. The van der Waals surface area contributed by atoms with Gasteiger partial charge in [0, 0.05) is 12.1 Å². The van der Waals surface area contributed by atoms with Crippen LogP contribution in [0.2, 0.25) is 0 Å². The van der Waals surface area contributed by atoms with Crippen molar-refractivity contribution in [1.29, 1.82) is 0 Å². The molecule has 1 saturated carbocycles. The lowest BCUT2D eigenvalue weighted by atomic mass is 9.92. The Bertz CT molecular complexity index is 580. The lowest BCUT2D eigenvalue weighted by molar-refractivity contribution is -0.387. The molecule has 0 aliphatic heterocycles. The fourth-order valence-electron chi connectivity index (χ4n) is 2.38. The Hall–Kier alpha value is -2.09. The molecule has 0 aromatic heterocycles. The van der Waals surface area contributed by atoms with Gasteiger partial charge in [0.05, 0.1) is 22.6 Å². The highest BCUT2D eigenvalue weighted by Crippen LogP contribution is 2.23. The number of aliphatic hydroxyl groups excluding tert-OH is 1. The fraction of sp³-hybridized carbons (Fsp3) is 0.462. The van der Waals surface area contributed by atoms with Gasteiger partial charge in [-0.05, 0) is 12.8 Å². The molecule has 1 fully saturated rings. The summed E-state index contributed by atoms with van der Waals surface area (Å²) in [6.45, 7) is 0. The van der Waals surface area contributed by atoms with Crippen LogP contribution in [0.25, 0.3) is 0 Å². The molecule has 1 amide bonds.